The van der Waals surface area contributed by atoms with Crippen molar-refractivity contribution in [3.63, 3.8) is 0 Å². The average Bonchev–Trinajstić information content (AvgIpc) is 2.77. The number of hydrogen-bond acceptors (Lipinski definition) is 4. The Kier molecular flexibility index (Phi) is 4.91. The molecule has 1 fully saturated rings. The molecule has 1 amide bonds. The van der Waals surface area contributed by atoms with E-state index in [4.69, 9.17) is 0 Å². The van der Waals surface area contributed by atoms with Crippen molar-refractivity contribution < 1.29 is 13.2 Å². The first-order valence-electron chi connectivity index (χ1n) is 7.37. The molecular formula is C14H24N4O3S. The van der Waals surface area contributed by atoms with Crippen molar-refractivity contribution in [1.29, 1.82) is 0 Å². The molecule has 0 aliphatic carbocycles. The molecule has 0 spiro atoms. The van der Waals surface area contributed by atoms with Gasteiger partial charge in [0, 0.05) is 50.9 Å². The molecule has 0 aromatic carbocycles. The third-order valence-corrected chi connectivity index (χ3v) is 5.70. The number of hydrogen-bond donors (Lipinski definition) is 0. The van der Waals surface area contributed by atoms with E-state index in [2.05, 4.69) is 5.10 Å². The van der Waals surface area contributed by atoms with Crippen LogP contribution in [0.1, 0.15) is 24.1 Å². The summed E-state index contributed by atoms with van der Waals surface area (Å²) in [6.07, 6.45) is 4.17. The first-order chi connectivity index (χ1) is 10.2. The number of aryl methyl sites for hydroxylation is 1. The second-order valence-electron chi connectivity index (χ2n) is 6.01. The van der Waals surface area contributed by atoms with Crippen LogP contribution in [-0.2, 0) is 28.4 Å². The van der Waals surface area contributed by atoms with E-state index in [-0.39, 0.29) is 11.8 Å². The summed E-state index contributed by atoms with van der Waals surface area (Å²) in [5.74, 6) is -0.0172. The van der Waals surface area contributed by atoms with Crippen LogP contribution < -0.4 is 0 Å². The van der Waals surface area contributed by atoms with Crippen LogP contribution in [0.25, 0.3) is 0 Å². The lowest BCUT2D eigenvalue weighted by atomic mass is 9.96. The maximum atomic E-state index is 12.5. The molecule has 7 nitrogen and oxygen atoms in total. The Hall–Kier alpha value is -1.41. The summed E-state index contributed by atoms with van der Waals surface area (Å²) in [5.41, 5.74) is 2.08. The molecule has 0 bridgehead atoms. The van der Waals surface area contributed by atoms with Crippen molar-refractivity contribution in [3.05, 3.63) is 17.5 Å². The monoisotopic (exact) mass is 328 g/mol. The molecule has 0 radical (unpaired) electrons. The molecule has 22 heavy (non-hydrogen) atoms. The highest BCUT2D eigenvalue weighted by Crippen LogP contribution is 2.22. The van der Waals surface area contributed by atoms with Crippen molar-refractivity contribution in [2.24, 2.45) is 13.0 Å². The second-order valence-corrected chi connectivity index (χ2v) is 7.99. The molecule has 2 heterocycles. The van der Waals surface area contributed by atoms with Crippen LogP contribution in [0.4, 0.5) is 0 Å². The highest BCUT2D eigenvalue weighted by Gasteiger charge is 2.30. The SMILES string of the molecule is Cc1c(CN(C)C(=O)C2CCN(S(C)(=O)=O)CC2)cnn1C. The van der Waals surface area contributed by atoms with Gasteiger partial charge in [-0.1, -0.05) is 0 Å². The summed E-state index contributed by atoms with van der Waals surface area (Å²) in [4.78, 5) is 14.2. The molecule has 1 aromatic heterocycles. The zero-order valence-electron chi connectivity index (χ0n) is 13.6. The van der Waals surface area contributed by atoms with Crippen LogP contribution >= 0.6 is 0 Å². The fraction of sp³-hybridized carbons (Fsp3) is 0.714. The Labute approximate surface area is 131 Å². The van der Waals surface area contributed by atoms with Gasteiger partial charge in [-0.3, -0.25) is 9.48 Å². The minimum Gasteiger partial charge on any atom is -0.341 e. The largest absolute Gasteiger partial charge is 0.341 e. The highest BCUT2D eigenvalue weighted by atomic mass is 32.2. The van der Waals surface area contributed by atoms with Gasteiger partial charge in [-0.15, -0.1) is 0 Å². The molecule has 1 aromatic rings. The third-order valence-electron chi connectivity index (χ3n) is 4.39. The molecule has 8 heteroatoms. The van der Waals surface area contributed by atoms with E-state index in [1.807, 2.05) is 14.0 Å². The molecular weight excluding hydrogens is 304 g/mol. The number of sulfonamides is 1. The number of carbonyl (C=O) groups excluding carboxylic acids is 1. The lowest BCUT2D eigenvalue weighted by molar-refractivity contribution is -0.135. The van der Waals surface area contributed by atoms with Crippen LogP contribution in [0.2, 0.25) is 0 Å². The van der Waals surface area contributed by atoms with Gasteiger partial charge in [0.1, 0.15) is 0 Å². The van der Waals surface area contributed by atoms with Crippen LogP contribution in [0.15, 0.2) is 6.20 Å². The summed E-state index contributed by atoms with van der Waals surface area (Å²) in [5, 5.41) is 4.18. The fourth-order valence-corrected chi connectivity index (χ4v) is 3.65. The van der Waals surface area contributed by atoms with Gasteiger partial charge in [-0.2, -0.15) is 5.10 Å². The summed E-state index contributed by atoms with van der Waals surface area (Å²) in [7, 11) is 0.517. The highest BCUT2D eigenvalue weighted by molar-refractivity contribution is 7.88. The maximum Gasteiger partial charge on any atom is 0.225 e. The molecule has 2 rings (SSSR count). The lowest BCUT2D eigenvalue weighted by Gasteiger charge is -2.31. The predicted molar refractivity (Wildman–Crippen MR) is 83.6 cm³/mol. The van der Waals surface area contributed by atoms with E-state index in [9.17, 15) is 13.2 Å². The number of amides is 1. The normalized spacial score (nSPS) is 17.6. The number of piperidine rings is 1. The summed E-state index contributed by atoms with van der Waals surface area (Å²) >= 11 is 0. The first-order valence-corrected chi connectivity index (χ1v) is 9.22. The summed E-state index contributed by atoms with van der Waals surface area (Å²) in [6, 6.07) is 0. The molecule has 0 unspecified atom stereocenters. The average molecular weight is 328 g/mol. The standard InChI is InChI=1S/C14H24N4O3S/c1-11-13(9-15-17(11)3)10-16(2)14(19)12-5-7-18(8-6-12)22(4,20)21/h9,12H,5-8,10H2,1-4H3. The molecule has 1 aliphatic heterocycles. The Morgan fingerprint density at radius 2 is 2.00 bits per heavy atom. The molecule has 0 atom stereocenters. The quantitative estimate of drug-likeness (QED) is 0.800. The van der Waals surface area contributed by atoms with Crippen molar-refractivity contribution in [3.8, 4) is 0 Å². The molecule has 124 valence electrons. The number of carbonyl (C=O) groups is 1. The van der Waals surface area contributed by atoms with Gasteiger partial charge in [0.15, 0.2) is 0 Å². The zero-order valence-corrected chi connectivity index (χ0v) is 14.4. The fourth-order valence-electron chi connectivity index (χ4n) is 2.78. The minimum absolute atomic E-state index is 0.0800. The van der Waals surface area contributed by atoms with Crippen molar-refractivity contribution in [1.82, 2.24) is 19.0 Å². The van der Waals surface area contributed by atoms with Crippen molar-refractivity contribution in [2.75, 3.05) is 26.4 Å². The van der Waals surface area contributed by atoms with E-state index >= 15 is 0 Å². The molecule has 1 saturated heterocycles. The van der Waals surface area contributed by atoms with Gasteiger partial charge >= 0.3 is 0 Å². The van der Waals surface area contributed by atoms with Crippen LogP contribution in [0, 0.1) is 12.8 Å². The van der Waals surface area contributed by atoms with E-state index in [0.29, 0.717) is 32.5 Å². The molecule has 1 aliphatic rings. The number of aromatic nitrogens is 2. The van der Waals surface area contributed by atoms with Crippen molar-refractivity contribution >= 4 is 15.9 Å². The lowest BCUT2D eigenvalue weighted by Crippen LogP contribution is -2.42. The number of nitrogens with zero attached hydrogens (tertiary/aromatic N) is 4. The van der Waals surface area contributed by atoms with Gasteiger partial charge in [-0.25, -0.2) is 12.7 Å². The van der Waals surface area contributed by atoms with Gasteiger partial charge in [0.25, 0.3) is 0 Å². The van der Waals surface area contributed by atoms with E-state index in [1.54, 1.807) is 22.8 Å². The third kappa shape index (κ3) is 3.67. The summed E-state index contributed by atoms with van der Waals surface area (Å²) in [6.45, 7) is 3.36. The van der Waals surface area contributed by atoms with Crippen LogP contribution in [0.5, 0.6) is 0 Å². The van der Waals surface area contributed by atoms with Gasteiger partial charge in [0.2, 0.25) is 15.9 Å². The minimum atomic E-state index is -3.15. The second kappa shape index (κ2) is 6.37. The number of rotatable bonds is 4. The van der Waals surface area contributed by atoms with Crippen LogP contribution in [0.3, 0.4) is 0 Å². The van der Waals surface area contributed by atoms with Gasteiger partial charge < -0.3 is 4.90 Å². The zero-order chi connectivity index (χ0) is 16.5. The Bertz CT molecular complexity index is 645. The topological polar surface area (TPSA) is 75.5 Å². The summed E-state index contributed by atoms with van der Waals surface area (Å²) < 4.78 is 26.2. The Morgan fingerprint density at radius 1 is 1.41 bits per heavy atom. The van der Waals surface area contributed by atoms with Crippen molar-refractivity contribution in [2.45, 2.75) is 26.3 Å². The van der Waals surface area contributed by atoms with E-state index in [1.165, 1.54) is 10.6 Å². The maximum absolute atomic E-state index is 12.5. The van der Waals surface area contributed by atoms with Gasteiger partial charge in [-0.05, 0) is 19.8 Å². The predicted octanol–water partition coefficient (Wildman–Crippen LogP) is 0.359. The van der Waals surface area contributed by atoms with E-state index in [0.717, 1.165) is 11.3 Å². The smallest absolute Gasteiger partial charge is 0.225 e. The van der Waals surface area contributed by atoms with Crippen LogP contribution in [-0.4, -0.2) is 59.7 Å². The molecule has 0 N–H and O–H groups in total. The van der Waals surface area contributed by atoms with E-state index < -0.39 is 10.0 Å². The first kappa shape index (κ1) is 17.0. The molecule has 0 saturated carbocycles. The Balaban J connectivity index is 1.93. The Morgan fingerprint density at radius 3 is 2.45 bits per heavy atom. The van der Waals surface area contributed by atoms with Gasteiger partial charge in [0.05, 0.1) is 12.5 Å².